The zero-order valence-corrected chi connectivity index (χ0v) is 12.5. The SMILES string of the molecule is CN1CCN(CC(=O)c2ccc3c(c2)OCCCO3)CC1. The molecule has 3 rings (SSSR count). The van der Waals surface area contributed by atoms with Crippen molar-refractivity contribution in [1.82, 2.24) is 9.80 Å². The third-order valence-electron chi connectivity index (χ3n) is 4.03. The molecule has 5 heteroatoms. The second-order valence-corrected chi connectivity index (χ2v) is 5.71. The molecule has 0 N–H and O–H groups in total. The molecule has 0 unspecified atom stereocenters. The predicted octanol–water partition coefficient (Wildman–Crippen LogP) is 1.28. The highest BCUT2D eigenvalue weighted by molar-refractivity contribution is 5.98. The number of hydrogen-bond donors (Lipinski definition) is 0. The summed E-state index contributed by atoms with van der Waals surface area (Å²) < 4.78 is 11.2. The molecule has 5 nitrogen and oxygen atoms in total. The first-order chi connectivity index (χ1) is 10.2. The number of fused-ring (bicyclic) bond motifs is 1. The van der Waals surface area contributed by atoms with Crippen molar-refractivity contribution in [3.05, 3.63) is 23.8 Å². The van der Waals surface area contributed by atoms with Crippen molar-refractivity contribution >= 4 is 5.78 Å². The van der Waals surface area contributed by atoms with E-state index < -0.39 is 0 Å². The Bertz CT molecular complexity index is 510. The van der Waals surface area contributed by atoms with Crippen LogP contribution < -0.4 is 9.47 Å². The van der Waals surface area contributed by atoms with Crippen LogP contribution in [-0.4, -0.2) is 68.6 Å². The highest BCUT2D eigenvalue weighted by atomic mass is 16.5. The van der Waals surface area contributed by atoms with Crippen molar-refractivity contribution < 1.29 is 14.3 Å². The first kappa shape index (κ1) is 14.4. The summed E-state index contributed by atoms with van der Waals surface area (Å²) in [5.41, 5.74) is 0.707. The molecule has 1 saturated heterocycles. The lowest BCUT2D eigenvalue weighted by molar-refractivity contribution is 0.0876. The summed E-state index contributed by atoms with van der Waals surface area (Å²) in [7, 11) is 2.11. The first-order valence-electron chi connectivity index (χ1n) is 7.56. The summed E-state index contributed by atoms with van der Waals surface area (Å²) in [6.07, 6.45) is 0.874. The van der Waals surface area contributed by atoms with Gasteiger partial charge < -0.3 is 14.4 Å². The zero-order valence-electron chi connectivity index (χ0n) is 12.5. The number of rotatable bonds is 3. The number of carbonyl (C=O) groups is 1. The van der Waals surface area contributed by atoms with E-state index in [1.54, 1.807) is 0 Å². The number of carbonyl (C=O) groups excluding carboxylic acids is 1. The molecule has 0 atom stereocenters. The lowest BCUT2D eigenvalue weighted by atomic mass is 10.1. The molecule has 0 bridgehead atoms. The van der Waals surface area contributed by atoms with E-state index in [1.165, 1.54) is 0 Å². The van der Waals surface area contributed by atoms with Gasteiger partial charge in [-0.05, 0) is 25.2 Å². The van der Waals surface area contributed by atoms with E-state index in [9.17, 15) is 4.79 Å². The van der Waals surface area contributed by atoms with E-state index >= 15 is 0 Å². The smallest absolute Gasteiger partial charge is 0.176 e. The van der Waals surface area contributed by atoms with Gasteiger partial charge in [0, 0.05) is 38.2 Å². The van der Waals surface area contributed by atoms with Gasteiger partial charge in [0.15, 0.2) is 17.3 Å². The maximum absolute atomic E-state index is 12.4. The number of Topliss-reactive ketones (excluding diaryl/α,β-unsaturated/α-hetero) is 1. The van der Waals surface area contributed by atoms with Gasteiger partial charge in [0.2, 0.25) is 0 Å². The standard InChI is InChI=1S/C16H22N2O3/c1-17-5-7-18(8-6-17)12-14(19)13-3-4-15-16(11-13)21-10-2-9-20-15/h3-4,11H,2,5-10,12H2,1H3. The number of nitrogens with zero attached hydrogens (tertiary/aromatic N) is 2. The molecule has 0 aromatic heterocycles. The fourth-order valence-corrected chi connectivity index (χ4v) is 2.64. The maximum atomic E-state index is 12.4. The third-order valence-corrected chi connectivity index (χ3v) is 4.03. The molecule has 114 valence electrons. The third kappa shape index (κ3) is 3.54. The van der Waals surface area contributed by atoms with Crippen LogP contribution in [0.4, 0.5) is 0 Å². The van der Waals surface area contributed by atoms with E-state index in [1.807, 2.05) is 18.2 Å². The van der Waals surface area contributed by atoms with E-state index in [0.29, 0.717) is 31.1 Å². The van der Waals surface area contributed by atoms with Gasteiger partial charge in [0.1, 0.15) is 0 Å². The van der Waals surface area contributed by atoms with Crippen LogP contribution in [0.1, 0.15) is 16.8 Å². The minimum Gasteiger partial charge on any atom is -0.490 e. The van der Waals surface area contributed by atoms with Crippen LogP contribution in [0.15, 0.2) is 18.2 Å². The van der Waals surface area contributed by atoms with Crippen LogP contribution in [0, 0.1) is 0 Å². The highest BCUT2D eigenvalue weighted by Gasteiger charge is 2.19. The summed E-state index contributed by atoms with van der Waals surface area (Å²) in [5.74, 6) is 1.58. The van der Waals surface area contributed by atoms with Gasteiger partial charge in [-0.1, -0.05) is 0 Å². The average Bonchev–Trinajstić information content (AvgIpc) is 2.74. The Labute approximate surface area is 125 Å². The second-order valence-electron chi connectivity index (χ2n) is 5.71. The molecule has 0 amide bonds. The monoisotopic (exact) mass is 290 g/mol. The molecular weight excluding hydrogens is 268 g/mol. The first-order valence-corrected chi connectivity index (χ1v) is 7.56. The van der Waals surface area contributed by atoms with Crippen molar-refractivity contribution in [2.45, 2.75) is 6.42 Å². The van der Waals surface area contributed by atoms with E-state index in [4.69, 9.17) is 9.47 Å². The Kier molecular flexibility index (Phi) is 4.41. The minimum absolute atomic E-state index is 0.148. The van der Waals surface area contributed by atoms with Gasteiger partial charge >= 0.3 is 0 Å². The number of ether oxygens (including phenoxy) is 2. The number of likely N-dealkylation sites (N-methyl/N-ethyl adjacent to an activating group) is 1. The molecule has 0 saturated carbocycles. The number of ketones is 1. The van der Waals surface area contributed by atoms with Gasteiger partial charge in [-0.2, -0.15) is 0 Å². The Balaban J connectivity index is 1.66. The van der Waals surface area contributed by atoms with Crippen LogP contribution >= 0.6 is 0 Å². The Morgan fingerprint density at radius 3 is 2.57 bits per heavy atom. The van der Waals surface area contributed by atoms with Crippen molar-refractivity contribution in [1.29, 1.82) is 0 Å². The summed E-state index contributed by atoms with van der Waals surface area (Å²) in [5, 5.41) is 0. The maximum Gasteiger partial charge on any atom is 0.176 e. The van der Waals surface area contributed by atoms with Gasteiger partial charge in [0.25, 0.3) is 0 Å². The molecular formula is C16H22N2O3. The molecule has 1 fully saturated rings. The summed E-state index contributed by atoms with van der Waals surface area (Å²) in [4.78, 5) is 16.9. The number of benzene rings is 1. The van der Waals surface area contributed by atoms with Crippen LogP contribution in [0.3, 0.4) is 0 Å². The molecule has 2 heterocycles. The fourth-order valence-electron chi connectivity index (χ4n) is 2.64. The molecule has 1 aromatic rings. The van der Waals surface area contributed by atoms with Crippen molar-refractivity contribution in [2.24, 2.45) is 0 Å². The molecule has 0 spiro atoms. The highest BCUT2D eigenvalue weighted by Crippen LogP contribution is 2.30. The van der Waals surface area contributed by atoms with Crippen molar-refractivity contribution in [3.63, 3.8) is 0 Å². The molecule has 0 radical (unpaired) electrons. The normalized spacial score (nSPS) is 20.0. The Hall–Kier alpha value is -1.59. The lowest BCUT2D eigenvalue weighted by Crippen LogP contribution is -2.46. The van der Waals surface area contributed by atoms with Gasteiger partial charge in [-0.3, -0.25) is 9.69 Å². The zero-order chi connectivity index (χ0) is 14.7. The van der Waals surface area contributed by atoms with Gasteiger partial charge in [0.05, 0.1) is 19.8 Å². The van der Waals surface area contributed by atoms with Crippen molar-refractivity contribution in [3.8, 4) is 11.5 Å². The predicted molar refractivity (Wildman–Crippen MR) is 80.3 cm³/mol. The quantitative estimate of drug-likeness (QED) is 0.785. The number of piperazine rings is 1. The lowest BCUT2D eigenvalue weighted by Gasteiger charge is -2.31. The van der Waals surface area contributed by atoms with Crippen LogP contribution in [-0.2, 0) is 0 Å². The summed E-state index contributed by atoms with van der Waals surface area (Å²) in [6, 6.07) is 5.50. The topological polar surface area (TPSA) is 42.0 Å². The van der Waals surface area contributed by atoms with Gasteiger partial charge in [-0.25, -0.2) is 0 Å². The van der Waals surface area contributed by atoms with E-state index in [0.717, 1.165) is 38.3 Å². The van der Waals surface area contributed by atoms with E-state index in [2.05, 4.69) is 16.8 Å². The molecule has 21 heavy (non-hydrogen) atoms. The molecule has 1 aromatic carbocycles. The molecule has 2 aliphatic heterocycles. The minimum atomic E-state index is 0.148. The van der Waals surface area contributed by atoms with Crippen LogP contribution in [0.2, 0.25) is 0 Å². The molecule has 0 aliphatic carbocycles. The largest absolute Gasteiger partial charge is 0.490 e. The summed E-state index contributed by atoms with van der Waals surface area (Å²) in [6.45, 7) is 5.74. The average molecular weight is 290 g/mol. The number of hydrogen-bond acceptors (Lipinski definition) is 5. The van der Waals surface area contributed by atoms with Crippen LogP contribution in [0.5, 0.6) is 11.5 Å². The fraction of sp³-hybridized carbons (Fsp3) is 0.562. The Morgan fingerprint density at radius 2 is 1.81 bits per heavy atom. The van der Waals surface area contributed by atoms with E-state index in [-0.39, 0.29) is 5.78 Å². The Morgan fingerprint density at radius 1 is 1.10 bits per heavy atom. The second kappa shape index (κ2) is 6.45. The molecule has 2 aliphatic rings. The summed E-state index contributed by atoms with van der Waals surface area (Å²) >= 11 is 0. The van der Waals surface area contributed by atoms with Crippen molar-refractivity contribution in [2.75, 3.05) is 53.0 Å². The van der Waals surface area contributed by atoms with Crippen LogP contribution in [0.25, 0.3) is 0 Å². The van der Waals surface area contributed by atoms with Gasteiger partial charge in [-0.15, -0.1) is 0 Å².